The van der Waals surface area contributed by atoms with Crippen molar-refractivity contribution in [3.8, 4) is 0 Å². The van der Waals surface area contributed by atoms with Crippen molar-refractivity contribution < 1.29 is 8.78 Å². The SMILES string of the molecule is C=CCN(C)CC(F)(F)CNC1CC1. The minimum absolute atomic E-state index is 0.209. The topological polar surface area (TPSA) is 15.3 Å². The minimum atomic E-state index is -2.64. The lowest BCUT2D eigenvalue weighted by Gasteiger charge is -2.23. The van der Waals surface area contributed by atoms with E-state index in [2.05, 4.69) is 11.9 Å². The normalized spacial score (nSPS) is 17.4. The van der Waals surface area contributed by atoms with E-state index in [1.807, 2.05) is 0 Å². The standard InChI is InChI=1S/C10H18F2N2/c1-3-6-14(2)8-10(11,12)7-13-9-4-5-9/h3,9,13H,1,4-8H2,2H3. The van der Waals surface area contributed by atoms with Crippen molar-refractivity contribution in [1.29, 1.82) is 0 Å². The van der Waals surface area contributed by atoms with E-state index in [9.17, 15) is 8.78 Å². The molecule has 0 saturated heterocycles. The summed E-state index contributed by atoms with van der Waals surface area (Å²) >= 11 is 0. The lowest BCUT2D eigenvalue weighted by atomic mass is 10.3. The Labute approximate surface area is 84.0 Å². The van der Waals surface area contributed by atoms with Gasteiger partial charge in [0.2, 0.25) is 0 Å². The molecule has 1 aliphatic rings. The number of nitrogens with one attached hydrogen (secondary N) is 1. The second kappa shape index (κ2) is 4.84. The first kappa shape index (κ1) is 11.6. The third kappa shape index (κ3) is 4.67. The van der Waals surface area contributed by atoms with E-state index in [0.29, 0.717) is 12.6 Å². The Morgan fingerprint density at radius 3 is 2.71 bits per heavy atom. The molecular weight excluding hydrogens is 186 g/mol. The fourth-order valence-electron chi connectivity index (χ4n) is 1.32. The van der Waals surface area contributed by atoms with Crippen LogP contribution in [0.4, 0.5) is 8.78 Å². The van der Waals surface area contributed by atoms with Gasteiger partial charge >= 0.3 is 0 Å². The molecule has 0 atom stereocenters. The van der Waals surface area contributed by atoms with E-state index < -0.39 is 5.92 Å². The fraction of sp³-hybridized carbons (Fsp3) is 0.800. The second-order valence-corrected chi connectivity index (χ2v) is 4.00. The molecule has 0 aromatic rings. The van der Waals surface area contributed by atoms with Gasteiger partial charge in [-0.25, -0.2) is 8.78 Å². The molecule has 0 aliphatic heterocycles. The smallest absolute Gasteiger partial charge is 0.272 e. The van der Waals surface area contributed by atoms with Crippen LogP contribution in [-0.2, 0) is 0 Å². The third-order valence-electron chi connectivity index (χ3n) is 2.17. The Kier molecular flexibility index (Phi) is 4.01. The summed E-state index contributed by atoms with van der Waals surface area (Å²) in [5.41, 5.74) is 0. The van der Waals surface area contributed by atoms with Crippen LogP contribution in [0.5, 0.6) is 0 Å². The molecule has 0 bridgehead atoms. The number of nitrogens with zero attached hydrogens (tertiary/aromatic N) is 1. The Morgan fingerprint density at radius 1 is 1.57 bits per heavy atom. The molecule has 0 heterocycles. The molecule has 0 spiro atoms. The predicted molar refractivity (Wildman–Crippen MR) is 53.7 cm³/mol. The Morgan fingerprint density at radius 2 is 2.21 bits per heavy atom. The lowest BCUT2D eigenvalue weighted by Crippen LogP contribution is -2.42. The highest BCUT2D eigenvalue weighted by molar-refractivity contribution is 4.85. The Hall–Kier alpha value is -0.480. The maximum atomic E-state index is 13.2. The molecule has 0 aromatic heterocycles. The minimum Gasteiger partial charge on any atom is -0.308 e. The highest BCUT2D eigenvalue weighted by Crippen LogP contribution is 2.21. The number of alkyl halides is 2. The van der Waals surface area contributed by atoms with E-state index in [-0.39, 0.29) is 13.1 Å². The van der Waals surface area contributed by atoms with Gasteiger partial charge in [0.15, 0.2) is 0 Å². The summed E-state index contributed by atoms with van der Waals surface area (Å²) < 4.78 is 26.5. The monoisotopic (exact) mass is 204 g/mol. The van der Waals surface area contributed by atoms with E-state index in [1.54, 1.807) is 18.0 Å². The maximum Gasteiger partial charge on any atom is 0.272 e. The zero-order valence-electron chi connectivity index (χ0n) is 8.60. The van der Waals surface area contributed by atoms with E-state index >= 15 is 0 Å². The Bertz CT molecular complexity index is 191. The molecular formula is C10H18F2N2. The third-order valence-corrected chi connectivity index (χ3v) is 2.17. The van der Waals surface area contributed by atoms with Crippen LogP contribution in [0.15, 0.2) is 12.7 Å². The van der Waals surface area contributed by atoms with Gasteiger partial charge in [-0.15, -0.1) is 6.58 Å². The van der Waals surface area contributed by atoms with Crippen molar-refractivity contribution in [2.75, 3.05) is 26.7 Å². The maximum absolute atomic E-state index is 13.2. The van der Waals surface area contributed by atoms with Gasteiger partial charge < -0.3 is 5.32 Å². The summed E-state index contributed by atoms with van der Waals surface area (Å²) in [5.74, 6) is -2.64. The lowest BCUT2D eigenvalue weighted by molar-refractivity contribution is -0.0228. The van der Waals surface area contributed by atoms with E-state index in [4.69, 9.17) is 0 Å². The van der Waals surface area contributed by atoms with Crippen molar-refractivity contribution in [2.24, 2.45) is 0 Å². The molecule has 0 radical (unpaired) electrons. The molecule has 1 saturated carbocycles. The van der Waals surface area contributed by atoms with Gasteiger partial charge in [0.1, 0.15) is 0 Å². The molecule has 2 nitrogen and oxygen atoms in total. The largest absolute Gasteiger partial charge is 0.308 e. The van der Waals surface area contributed by atoms with Gasteiger partial charge in [-0.05, 0) is 19.9 Å². The summed E-state index contributed by atoms with van der Waals surface area (Å²) in [6.45, 7) is 3.59. The van der Waals surface area contributed by atoms with Crippen molar-refractivity contribution >= 4 is 0 Å². The summed E-state index contributed by atoms with van der Waals surface area (Å²) in [4.78, 5) is 1.57. The zero-order chi connectivity index (χ0) is 10.6. The number of hydrogen-bond donors (Lipinski definition) is 1. The van der Waals surface area contributed by atoms with Gasteiger partial charge in [-0.2, -0.15) is 0 Å². The van der Waals surface area contributed by atoms with Gasteiger partial charge in [0, 0.05) is 12.6 Å². The van der Waals surface area contributed by atoms with Crippen LogP contribution in [0.25, 0.3) is 0 Å². The van der Waals surface area contributed by atoms with E-state index in [0.717, 1.165) is 12.8 Å². The second-order valence-electron chi connectivity index (χ2n) is 4.00. The van der Waals surface area contributed by atoms with Crippen LogP contribution in [0.3, 0.4) is 0 Å². The average molecular weight is 204 g/mol. The quantitative estimate of drug-likeness (QED) is 0.632. The van der Waals surface area contributed by atoms with Crippen molar-refractivity contribution in [1.82, 2.24) is 10.2 Å². The molecule has 1 N–H and O–H groups in total. The van der Waals surface area contributed by atoms with Crippen LogP contribution in [0.2, 0.25) is 0 Å². The first-order valence-corrected chi connectivity index (χ1v) is 4.94. The molecule has 1 rings (SSSR count). The van der Waals surface area contributed by atoms with Gasteiger partial charge in [-0.3, -0.25) is 4.90 Å². The van der Waals surface area contributed by atoms with Gasteiger partial charge in [0.25, 0.3) is 5.92 Å². The van der Waals surface area contributed by atoms with Crippen molar-refractivity contribution in [3.05, 3.63) is 12.7 Å². The van der Waals surface area contributed by atoms with E-state index in [1.165, 1.54) is 0 Å². The van der Waals surface area contributed by atoms with Crippen LogP contribution in [0, 0.1) is 0 Å². The highest BCUT2D eigenvalue weighted by atomic mass is 19.3. The molecule has 1 aliphatic carbocycles. The van der Waals surface area contributed by atoms with Crippen LogP contribution in [-0.4, -0.2) is 43.5 Å². The first-order valence-electron chi connectivity index (χ1n) is 4.94. The number of halogens is 2. The highest BCUT2D eigenvalue weighted by Gasteiger charge is 2.32. The number of rotatable bonds is 7. The number of hydrogen-bond acceptors (Lipinski definition) is 2. The van der Waals surface area contributed by atoms with Crippen LogP contribution < -0.4 is 5.32 Å². The van der Waals surface area contributed by atoms with Crippen LogP contribution in [0.1, 0.15) is 12.8 Å². The number of likely N-dealkylation sites (N-methyl/N-ethyl adjacent to an activating group) is 1. The van der Waals surface area contributed by atoms with Crippen LogP contribution >= 0.6 is 0 Å². The first-order chi connectivity index (χ1) is 6.53. The fourth-order valence-corrected chi connectivity index (χ4v) is 1.32. The summed E-state index contributed by atoms with van der Waals surface area (Å²) in [6, 6.07) is 0.339. The zero-order valence-corrected chi connectivity index (χ0v) is 8.60. The molecule has 0 unspecified atom stereocenters. The predicted octanol–water partition coefficient (Wildman–Crippen LogP) is 1.49. The average Bonchev–Trinajstić information content (AvgIpc) is 2.83. The van der Waals surface area contributed by atoms with Crippen molar-refractivity contribution in [2.45, 2.75) is 24.8 Å². The summed E-state index contributed by atoms with van der Waals surface area (Å²) in [6.07, 6.45) is 3.71. The molecule has 82 valence electrons. The van der Waals surface area contributed by atoms with Gasteiger partial charge in [-0.1, -0.05) is 6.08 Å². The van der Waals surface area contributed by atoms with Crippen molar-refractivity contribution in [3.63, 3.8) is 0 Å². The Balaban J connectivity index is 2.19. The molecule has 0 amide bonds. The molecule has 0 aromatic carbocycles. The van der Waals surface area contributed by atoms with Gasteiger partial charge in [0.05, 0.1) is 13.1 Å². The molecule has 1 fully saturated rings. The molecule has 14 heavy (non-hydrogen) atoms. The summed E-state index contributed by atoms with van der Waals surface area (Å²) in [5, 5.41) is 2.84. The molecule has 4 heteroatoms. The summed E-state index contributed by atoms with van der Waals surface area (Å²) in [7, 11) is 1.67.